The molecule has 0 saturated heterocycles. The molecule has 0 aliphatic heterocycles. The highest BCUT2D eigenvalue weighted by Crippen LogP contribution is 2.20. The van der Waals surface area contributed by atoms with Crippen LogP contribution in [0.5, 0.6) is 5.75 Å². The normalized spacial score (nSPS) is 10.1. The van der Waals surface area contributed by atoms with E-state index in [0.29, 0.717) is 17.2 Å². The first-order valence-electron chi connectivity index (χ1n) is 5.97. The number of carbonyl (C=O) groups excluding carboxylic acids is 1. The number of ether oxygens (including phenoxy) is 1. The minimum Gasteiger partial charge on any atom is -0.494 e. The van der Waals surface area contributed by atoms with Gasteiger partial charge in [-0.3, -0.25) is 4.79 Å². The molecule has 0 aliphatic rings. The van der Waals surface area contributed by atoms with Crippen molar-refractivity contribution in [2.75, 3.05) is 11.9 Å². The van der Waals surface area contributed by atoms with E-state index in [9.17, 15) is 9.59 Å². The summed E-state index contributed by atoms with van der Waals surface area (Å²) in [5.41, 5.74) is 0.628. The molecule has 1 aromatic heterocycles. The summed E-state index contributed by atoms with van der Waals surface area (Å²) in [6, 6.07) is 9.90. The summed E-state index contributed by atoms with van der Waals surface area (Å²) in [6.45, 7) is 2.48. The molecule has 2 rings (SSSR count). The molecular formula is C14H13NO4S. The molecule has 1 amide bonds. The quantitative estimate of drug-likeness (QED) is 0.887. The topological polar surface area (TPSA) is 75.6 Å². The van der Waals surface area contributed by atoms with Crippen molar-refractivity contribution in [1.82, 2.24) is 0 Å². The zero-order chi connectivity index (χ0) is 14.5. The number of hydrogen-bond acceptors (Lipinski definition) is 4. The van der Waals surface area contributed by atoms with Crippen LogP contribution in [0.3, 0.4) is 0 Å². The second kappa shape index (κ2) is 6.21. The Morgan fingerprint density at radius 1 is 1.15 bits per heavy atom. The smallest absolute Gasteiger partial charge is 0.345 e. The number of benzene rings is 1. The molecule has 2 aromatic rings. The minimum atomic E-state index is -1.03. The second-order valence-corrected chi connectivity index (χ2v) is 4.96. The van der Waals surface area contributed by atoms with Crippen LogP contribution in [-0.4, -0.2) is 23.6 Å². The van der Waals surface area contributed by atoms with Crippen LogP contribution in [0, 0.1) is 0 Å². The summed E-state index contributed by atoms with van der Waals surface area (Å²) in [4.78, 5) is 23.2. The molecule has 1 aromatic carbocycles. The average Bonchev–Trinajstić information content (AvgIpc) is 2.91. The zero-order valence-corrected chi connectivity index (χ0v) is 11.6. The molecule has 0 fully saturated rings. The molecule has 2 N–H and O–H groups in total. The highest BCUT2D eigenvalue weighted by molar-refractivity contribution is 7.15. The van der Waals surface area contributed by atoms with Gasteiger partial charge in [-0.25, -0.2) is 4.79 Å². The number of carboxylic acid groups (broad SMARTS) is 1. The molecule has 20 heavy (non-hydrogen) atoms. The largest absolute Gasteiger partial charge is 0.494 e. The minimum absolute atomic E-state index is 0.141. The summed E-state index contributed by atoms with van der Waals surface area (Å²) < 4.78 is 5.30. The van der Waals surface area contributed by atoms with Crippen molar-refractivity contribution >= 4 is 28.9 Å². The van der Waals surface area contributed by atoms with Crippen LogP contribution in [0.2, 0.25) is 0 Å². The van der Waals surface area contributed by atoms with Gasteiger partial charge in [0.2, 0.25) is 0 Å². The van der Waals surface area contributed by atoms with Gasteiger partial charge in [-0.2, -0.15) is 0 Å². The molecule has 1 heterocycles. The van der Waals surface area contributed by atoms with Gasteiger partial charge in [0.25, 0.3) is 5.91 Å². The molecule has 0 saturated carbocycles. The summed E-state index contributed by atoms with van der Waals surface area (Å²) >= 11 is 0.943. The summed E-state index contributed by atoms with van der Waals surface area (Å²) in [6.07, 6.45) is 0. The number of thiophene rings is 1. The molecule has 0 radical (unpaired) electrons. The third kappa shape index (κ3) is 3.36. The third-order valence-corrected chi connectivity index (χ3v) is 3.54. The van der Waals surface area contributed by atoms with E-state index in [2.05, 4.69) is 5.32 Å². The van der Waals surface area contributed by atoms with Gasteiger partial charge in [-0.05, 0) is 43.3 Å². The maximum Gasteiger partial charge on any atom is 0.345 e. The standard InChI is InChI=1S/C14H13NO4S/c1-2-19-10-5-3-9(4-6-10)15-13(16)11-7-8-12(20-11)14(17)18/h3-8H,2H2,1H3,(H,15,16)(H,17,18). The van der Waals surface area contributed by atoms with E-state index in [4.69, 9.17) is 9.84 Å². The Kier molecular flexibility index (Phi) is 4.37. The Balaban J connectivity index is 2.04. The van der Waals surface area contributed by atoms with Crippen LogP contribution in [0.1, 0.15) is 26.3 Å². The van der Waals surface area contributed by atoms with E-state index < -0.39 is 5.97 Å². The van der Waals surface area contributed by atoms with E-state index in [-0.39, 0.29) is 10.8 Å². The summed E-state index contributed by atoms with van der Waals surface area (Å²) in [5.74, 6) is -0.628. The van der Waals surface area contributed by atoms with Crippen molar-refractivity contribution < 1.29 is 19.4 Å². The third-order valence-electron chi connectivity index (χ3n) is 2.46. The lowest BCUT2D eigenvalue weighted by molar-refractivity contribution is 0.0702. The highest BCUT2D eigenvalue weighted by atomic mass is 32.1. The first-order chi connectivity index (χ1) is 9.60. The summed E-state index contributed by atoms with van der Waals surface area (Å²) in [7, 11) is 0. The molecular weight excluding hydrogens is 278 g/mol. The SMILES string of the molecule is CCOc1ccc(NC(=O)c2ccc(C(=O)O)s2)cc1. The van der Waals surface area contributed by atoms with Gasteiger partial charge in [0.15, 0.2) is 0 Å². The van der Waals surface area contributed by atoms with E-state index in [1.54, 1.807) is 24.3 Å². The number of hydrogen-bond donors (Lipinski definition) is 2. The molecule has 104 valence electrons. The fraction of sp³-hybridized carbons (Fsp3) is 0.143. The van der Waals surface area contributed by atoms with Gasteiger partial charge in [0.05, 0.1) is 11.5 Å². The van der Waals surface area contributed by atoms with Crippen LogP contribution in [0.25, 0.3) is 0 Å². The molecule has 0 aliphatic carbocycles. The Labute approximate surface area is 119 Å². The highest BCUT2D eigenvalue weighted by Gasteiger charge is 2.12. The molecule has 5 nitrogen and oxygen atoms in total. The van der Waals surface area contributed by atoms with Gasteiger partial charge in [0, 0.05) is 5.69 Å². The molecule has 0 unspecified atom stereocenters. The average molecular weight is 291 g/mol. The lowest BCUT2D eigenvalue weighted by atomic mass is 10.3. The lowest BCUT2D eigenvalue weighted by Crippen LogP contribution is -2.09. The van der Waals surface area contributed by atoms with E-state index >= 15 is 0 Å². The molecule has 0 spiro atoms. The number of carbonyl (C=O) groups is 2. The van der Waals surface area contributed by atoms with Crippen LogP contribution in [0.15, 0.2) is 36.4 Å². The van der Waals surface area contributed by atoms with E-state index in [1.807, 2.05) is 6.92 Å². The van der Waals surface area contributed by atoms with Crippen molar-refractivity contribution in [1.29, 1.82) is 0 Å². The number of nitrogens with one attached hydrogen (secondary N) is 1. The van der Waals surface area contributed by atoms with Crippen molar-refractivity contribution in [3.8, 4) is 5.75 Å². The van der Waals surface area contributed by atoms with Crippen molar-refractivity contribution in [2.24, 2.45) is 0 Å². The van der Waals surface area contributed by atoms with Crippen molar-refractivity contribution in [3.05, 3.63) is 46.2 Å². The Morgan fingerprint density at radius 2 is 1.80 bits per heavy atom. The van der Waals surface area contributed by atoms with Crippen LogP contribution in [-0.2, 0) is 0 Å². The first-order valence-corrected chi connectivity index (χ1v) is 6.79. The maximum absolute atomic E-state index is 11.9. The van der Waals surface area contributed by atoms with Gasteiger partial charge in [0.1, 0.15) is 10.6 Å². The second-order valence-electron chi connectivity index (χ2n) is 3.88. The number of carboxylic acids is 1. The summed E-state index contributed by atoms with van der Waals surface area (Å²) in [5, 5.41) is 11.5. The predicted octanol–water partition coefficient (Wildman–Crippen LogP) is 3.10. The van der Waals surface area contributed by atoms with Crippen LogP contribution >= 0.6 is 11.3 Å². The zero-order valence-electron chi connectivity index (χ0n) is 10.8. The van der Waals surface area contributed by atoms with Crippen molar-refractivity contribution in [3.63, 3.8) is 0 Å². The van der Waals surface area contributed by atoms with Crippen molar-refractivity contribution in [2.45, 2.75) is 6.92 Å². The Morgan fingerprint density at radius 3 is 2.35 bits per heavy atom. The molecule has 6 heteroatoms. The lowest BCUT2D eigenvalue weighted by Gasteiger charge is -2.06. The number of aromatic carboxylic acids is 1. The Bertz CT molecular complexity index is 618. The van der Waals surface area contributed by atoms with E-state index in [1.165, 1.54) is 12.1 Å². The number of rotatable bonds is 5. The predicted molar refractivity (Wildman–Crippen MR) is 76.8 cm³/mol. The fourth-order valence-electron chi connectivity index (χ4n) is 1.57. The van der Waals surface area contributed by atoms with Gasteiger partial charge >= 0.3 is 5.97 Å². The number of anilines is 1. The molecule has 0 bridgehead atoms. The van der Waals surface area contributed by atoms with Crippen LogP contribution < -0.4 is 10.1 Å². The fourth-order valence-corrected chi connectivity index (χ4v) is 2.31. The van der Waals surface area contributed by atoms with Crippen LogP contribution in [0.4, 0.5) is 5.69 Å². The maximum atomic E-state index is 11.9. The van der Waals surface area contributed by atoms with Gasteiger partial charge < -0.3 is 15.2 Å². The van der Waals surface area contributed by atoms with E-state index in [0.717, 1.165) is 17.1 Å². The molecule has 0 atom stereocenters. The number of amides is 1. The monoisotopic (exact) mass is 291 g/mol. The Hall–Kier alpha value is -2.34. The first kappa shape index (κ1) is 14.1. The van der Waals surface area contributed by atoms with Gasteiger partial charge in [-0.1, -0.05) is 0 Å². The van der Waals surface area contributed by atoms with Gasteiger partial charge in [-0.15, -0.1) is 11.3 Å².